The fraction of sp³-hybridized carbons (Fsp3) is 0.200. The molecule has 0 radical (unpaired) electrons. The maximum atomic E-state index is 11.7. The zero-order valence-corrected chi connectivity index (χ0v) is 15.1. The molecule has 0 aliphatic heterocycles. The molecule has 0 aliphatic carbocycles. The molecular weight excluding hydrogens is 332 g/mol. The highest BCUT2D eigenvalue weighted by Gasteiger charge is 2.11. The van der Waals surface area contributed by atoms with E-state index in [9.17, 15) is 4.79 Å². The maximum Gasteiger partial charge on any atom is 0.224 e. The predicted molar refractivity (Wildman–Crippen MR) is 103 cm³/mol. The molecule has 0 aliphatic rings. The summed E-state index contributed by atoms with van der Waals surface area (Å²) in [4.78, 5) is 16.4. The van der Waals surface area contributed by atoms with Gasteiger partial charge in [0.25, 0.3) is 0 Å². The average Bonchev–Trinajstić information content (AvgIpc) is 3.12. The van der Waals surface area contributed by atoms with Gasteiger partial charge in [0.2, 0.25) is 5.91 Å². The molecule has 0 atom stereocenters. The second-order valence-corrected chi connectivity index (χ2v) is 6.47. The van der Waals surface area contributed by atoms with E-state index < -0.39 is 0 Å². The van der Waals surface area contributed by atoms with Gasteiger partial charge in [0.15, 0.2) is 0 Å². The number of ether oxygens (including phenoxy) is 1. The van der Waals surface area contributed by atoms with Crippen LogP contribution in [0.5, 0.6) is 5.75 Å². The van der Waals surface area contributed by atoms with Crippen LogP contribution in [0.4, 0.5) is 5.69 Å². The van der Waals surface area contributed by atoms with Gasteiger partial charge in [0.1, 0.15) is 10.8 Å². The lowest BCUT2D eigenvalue weighted by Gasteiger charge is -2.05. The number of hydrogen-bond acceptors (Lipinski definition) is 4. The SMILES string of the molecule is CCCC(=O)Nc1ccc(-c2csc(-c3ccccc3OC)n2)cc1. The van der Waals surface area contributed by atoms with E-state index in [-0.39, 0.29) is 5.91 Å². The summed E-state index contributed by atoms with van der Waals surface area (Å²) < 4.78 is 5.41. The molecule has 4 nitrogen and oxygen atoms in total. The van der Waals surface area contributed by atoms with Gasteiger partial charge in [-0.3, -0.25) is 4.79 Å². The second kappa shape index (κ2) is 7.94. The molecule has 3 aromatic rings. The molecule has 25 heavy (non-hydrogen) atoms. The van der Waals surface area contributed by atoms with Crippen molar-refractivity contribution in [3.05, 3.63) is 53.9 Å². The fourth-order valence-electron chi connectivity index (χ4n) is 2.53. The Bertz CT molecular complexity index is 856. The number of anilines is 1. The monoisotopic (exact) mass is 352 g/mol. The number of carbonyl (C=O) groups excluding carboxylic acids is 1. The van der Waals surface area contributed by atoms with Gasteiger partial charge in [-0.15, -0.1) is 11.3 Å². The summed E-state index contributed by atoms with van der Waals surface area (Å²) in [7, 11) is 1.67. The predicted octanol–water partition coefficient (Wildman–Crippen LogP) is 5.22. The fourth-order valence-corrected chi connectivity index (χ4v) is 3.38. The van der Waals surface area contributed by atoms with Gasteiger partial charge < -0.3 is 10.1 Å². The zero-order valence-electron chi connectivity index (χ0n) is 14.3. The van der Waals surface area contributed by atoms with Crippen molar-refractivity contribution in [2.24, 2.45) is 0 Å². The molecule has 2 aromatic carbocycles. The molecule has 0 saturated carbocycles. The number of methoxy groups -OCH3 is 1. The number of thiazole rings is 1. The summed E-state index contributed by atoms with van der Waals surface area (Å²) in [6.45, 7) is 1.99. The smallest absolute Gasteiger partial charge is 0.224 e. The highest BCUT2D eigenvalue weighted by molar-refractivity contribution is 7.13. The first kappa shape index (κ1) is 17.2. The van der Waals surface area contributed by atoms with E-state index in [1.165, 1.54) is 0 Å². The molecule has 0 saturated heterocycles. The Kier molecular flexibility index (Phi) is 5.46. The molecule has 1 N–H and O–H groups in total. The van der Waals surface area contributed by atoms with Crippen LogP contribution in [-0.2, 0) is 4.79 Å². The van der Waals surface area contributed by atoms with Crippen molar-refractivity contribution in [3.8, 4) is 27.6 Å². The van der Waals surface area contributed by atoms with Gasteiger partial charge in [-0.2, -0.15) is 0 Å². The average molecular weight is 352 g/mol. The third kappa shape index (κ3) is 4.06. The van der Waals surface area contributed by atoms with Crippen LogP contribution in [0.2, 0.25) is 0 Å². The van der Waals surface area contributed by atoms with Crippen molar-refractivity contribution in [2.45, 2.75) is 19.8 Å². The van der Waals surface area contributed by atoms with Crippen molar-refractivity contribution in [1.82, 2.24) is 4.98 Å². The molecule has 128 valence electrons. The van der Waals surface area contributed by atoms with Crippen LogP contribution in [0.15, 0.2) is 53.9 Å². The summed E-state index contributed by atoms with van der Waals surface area (Å²) in [6, 6.07) is 15.6. The van der Waals surface area contributed by atoms with E-state index in [1.54, 1.807) is 18.4 Å². The Labute approximate surface area is 151 Å². The molecule has 0 unspecified atom stereocenters. The lowest BCUT2D eigenvalue weighted by molar-refractivity contribution is -0.116. The van der Waals surface area contributed by atoms with Crippen LogP contribution in [0.3, 0.4) is 0 Å². The molecule has 0 fully saturated rings. The van der Waals surface area contributed by atoms with Crippen LogP contribution < -0.4 is 10.1 Å². The van der Waals surface area contributed by atoms with Gasteiger partial charge in [-0.25, -0.2) is 4.98 Å². The molecule has 5 heteroatoms. The third-order valence-corrected chi connectivity index (χ3v) is 4.66. The number of para-hydroxylation sites is 1. The Hall–Kier alpha value is -2.66. The van der Waals surface area contributed by atoms with Gasteiger partial charge >= 0.3 is 0 Å². The molecular formula is C20H20N2O2S. The molecule has 1 heterocycles. The van der Waals surface area contributed by atoms with E-state index >= 15 is 0 Å². The van der Waals surface area contributed by atoms with E-state index in [0.717, 1.165) is 39.7 Å². The first-order chi connectivity index (χ1) is 12.2. The minimum absolute atomic E-state index is 0.0439. The second-order valence-electron chi connectivity index (χ2n) is 5.61. The number of nitrogens with zero attached hydrogens (tertiary/aromatic N) is 1. The molecule has 0 spiro atoms. The summed E-state index contributed by atoms with van der Waals surface area (Å²) in [5.41, 5.74) is 3.73. The minimum atomic E-state index is 0.0439. The summed E-state index contributed by atoms with van der Waals surface area (Å²) in [5, 5.41) is 5.85. The van der Waals surface area contributed by atoms with Crippen molar-refractivity contribution in [2.75, 3.05) is 12.4 Å². The normalized spacial score (nSPS) is 10.5. The van der Waals surface area contributed by atoms with Crippen molar-refractivity contribution in [1.29, 1.82) is 0 Å². The highest BCUT2D eigenvalue weighted by Crippen LogP contribution is 2.34. The number of rotatable bonds is 6. The molecule has 0 bridgehead atoms. The van der Waals surface area contributed by atoms with Crippen LogP contribution in [0.25, 0.3) is 21.8 Å². The summed E-state index contributed by atoms with van der Waals surface area (Å²) in [5.74, 6) is 0.861. The molecule has 1 aromatic heterocycles. The van der Waals surface area contributed by atoms with Gasteiger partial charge in [0, 0.05) is 23.1 Å². The van der Waals surface area contributed by atoms with Crippen LogP contribution >= 0.6 is 11.3 Å². The van der Waals surface area contributed by atoms with Crippen LogP contribution in [-0.4, -0.2) is 18.0 Å². The number of amides is 1. The van der Waals surface area contributed by atoms with Crippen LogP contribution in [0, 0.1) is 0 Å². The lowest BCUT2D eigenvalue weighted by atomic mass is 10.1. The van der Waals surface area contributed by atoms with Gasteiger partial charge in [-0.05, 0) is 30.7 Å². The summed E-state index contributed by atoms with van der Waals surface area (Å²) >= 11 is 1.59. The number of hydrogen-bond donors (Lipinski definition) is 1. The van der Waals surface area contributed by atoms with Crippen molar-refractivity contribution >= 4 is 22.9 Å². The van der Waals surface area contributed by atoms with Crippen molar-refractivity contribution < 1.29 is 9.53 Å². The number of nitrogens with one attached hydrogen (secondary N) is 1. The number of carbonyl (C=O) groups is 1. The largest absolute Gasteiger partial charge is 0.496 e. The lowest BCUT2D eigenvalue weighted by Crippen LogP contribution is -2.10. The third-order valence-electron chi connectivity index (χ3n) is 3.78. The van der Waals surface area contributed by atoms with Crippen molar-refractivity contribution in [3.63, 3.8) is 0 Å². The Morgan fingerprint density at radius 1 is 1.16 bits per heavy atom. The van der Waals surface area contributed by atoms with E-state index in [2.05, 4.69) is 5.32 Å². The first-order valence-corrected chi connectivity index (χ1v) is 9.08. The maximum absolute atomic E-state index is 11.7. The molecule has 1 amide bonds. The zero-order chi connectivity index (χ0) is 17.6. The van der Waals surface area contributed by atoms with Crippen LogP contribution in [0.1, 0.15) is 19.8 Å². The number of aromatic nitrogens is 1. The van der Waals surface area contributed by atoms with E-state index in [1.807, 2.05) is 60.8 Å². The number of benzene rings is 2. The first-order valence-electron chi connectivity index (χ1n) is 8.20. The Morgan fingerprint density at radius 2 is 1.92 bits per heavy atom. The van der Waals surface area contributed by atoms with Gasteiger partial charge in [0.05, 0.1) is 18.4 Å². The highest BCUT2D eigenvalue weighted by atomic mass is 32.1. The van der Waals surface area contributed by atoms with Gasteiger partial charge in [-0.1, -0.05) is 31.2 Å². The topological polar surface area (TPSA) is 51.2 Å². The quantitative estimate of drug-likeness (QED) is 0.661. The summed E-state index contributed by atoms with van der Waals surface area (Å²) in [6.07, 6.45) is 1.38. The van der Waals surface area contributed by atoms with E-state index in [0.29, 0.717) is 6.42 Å². The Balaban J connectivity index is 1.79. The standard InChI is InChI=1S/C20H20N2O2S/c1-3-6-19(23)21-15-11-9-14(10-12-15)17-13-25-20(22-17)16-7-4-5-8-18(16)24-2/h4-5,7-13H,3,6H2,1-2H3,(H,21,23). The minimum Gasteiger partial charge on any atom is -0.496 e. The van der Waals surface area contributed by atoms with E-state index in [4.69, 9.17) is 9.72 Å². The Morgan fingerprint density at radius 3 is 2.64 bits per heavy atom. The molecule has 3 rings (SSSR count).